The second-order valence-electron chi connectivity index (χ2n) is 5.51. The second-order valence-corrected chi connectivity index (χ2v) is 5.51. The molecule has 4 N–H and O–H groups in total. The normalized spacial score (nSPS) is 13.0. The quantitative estimate of drug-likeness (QED) is 0.638. The molecule has 3 amide bonds. The molecule has 0 saturated carbocycles. The van der Waals surface area contributed by atoms with Crippen LogP contribution in [0.5, 0.6) is 0 Å². The summed E-state index contributed by atoms with van der Waals surface area (Å²) in [4.78, 5) is 35.2. The molecule has 0 aliphatic carbocycles. The van der Waals surface area contributed by atoms with Gasteiger partial charge in [-0.15, -0.1) is 0 Å². The molecule has 7 heteroatoms. The van der Waals surface area contributed by atoms with Crippen LogP contribution in [0.4, 0.5) is 4.79 Å². The van der Waals surface area contributed by atoms with Crippen molar-refractivity contribution >= 4 is 17.9 Å². The van der Waals surface area contributed by atoms with E-state index >= 15 is 0 Å². The van der Waals surface area contributed by atoms with Gasteiger partial charge in [-0.3, -0.25) is 4.79 Å². The molecule has 126 valence electrons. The highest BCUT2D eigenvalue weighted by molar-refractivity contribution is 5.88. The van der Waals surface area contributed by atoms with Crippen molar-refractivity contribution in [1.82, 2.24) is 10.6 Å². The van der Waals surface area contributed by atoms with Gasteiger partial charge in [-0.1, -0.05) is 44.2 Å². The van der Waals surface area contributed by atoms with Crippen molar-refractivity contribution in [3.8, 4) is 0 Å². The molecule has 0 spiro atoms. The van der Waals surface area contributed by atoms with Gasteiger partial charge in [0.25, 0.3) is 0 Å². The minimum Gasteiger partial charge on any atom is -0.467 e. The molecule has 0 fully saturated rings. The summed E-state index contributed by atoms with van der Waals surface area (Å²) in [6.07, 6.45) is 0.272. The molecular formula is C16H23N3O4. The Hall–Kier alpha value is -2.57. The maximum absolute atomic E-state index is 12.0. The van der Waals surface area contributed by atoms with Crippen molar-refractivity contribution in [3.63, 3.8) is 0 Å². The van der Waals surface area contributed by atoms with Crippen LogP contribution in [0.1, 0.15) is 19.4 Å². The van der Waals surface area contributed by atoms with E-state index in [0.717, 1.165) is 5.56 Å². The van der Waals surface area contributed by atoms with E-state index in [1.807, 2.05) is 30.3 Å². The van der Waals surface area contributed by atoms with Crippen LogP contribution in [0, 0.1) is 5.92 Å². The fourth-order valence-electron chi connectivity index (χ4n) is 2.04. The number of rotatable bonds is 7. The molecule has 2 atom stereocenters. The standard InChI is InChI=1S/C16H23N3O4/c1-10(2)13(15(21)23-3)19-16(22)18-12(14(17)20)9-11-7-5-4-6-8-11/h4-8,10,12-13H,9H2,1-3H3,(H2,17,20)(H2,18,19,22)/t12-,13?/m0/s1. The Morgan fingerprint density at radius 3 is 2.22 bits per heavy atom. The number of methoxy groups -OCH3 is 1. The molecule has 23 heavy (non-hydrogen) atoms. The van der Waals surface area contributed by atoms with Gasteiger partial charge in [0.15, 0.2) is 0 Å². The van der Waals surface area contributed by atoms with Crippen LogP contribution in [0.2, 0.25) is 0 Å². The number of esters is 1. The van der Waals surface area contributed by atoms with Gasteiger partial charge in [0.05, 0.1) is 7.11 Å². The van der Waals surface area contributed by atoms with E-state index in [0.29, 0.717) is 0 Å². The fraction of sp³-hybridized carbons (Fsp3) is 0.438. The van der Waals surface area contributed by atoms with E-state index in [9.17, 15) is 14.4 Å². The Morgan fingerprint density at radius 1 is 1.13 bits per heavy atom. The summed E-state index contributed by atoms with van der Waals surface area (Å²) in [5.41, 5.74) is 6.20. The zero-order chi connectivity index (χ0) is 17.4. The number of nitrogens with one attached hydrogen (secondary N) is 2. The fourth-order valence-corrected chi connectivity index (χ4v) is 2.04. The van der Waals surface area contributed by atoms with Gasteiger partial charge in [0.1, 0.15) is 12.1 Å². The van der Waals surface area contributed by atoms with Crippen molar-refractivity contribution in [3.05, 3.63) is 35.9 Å². The van der Waals surface area contributed by atoms with Crippen molar-refractivity contribution < 1.29 is 19.1 Å². The minimum absolute atomic E-state index is 0.158. The number of primary amides is 1. The second kappa shape index (κ2) is 8.77. The van der Waals surface area contributed by atoms with Crippen molar-refractivity contribution in [2.45, 2.75) is 32.4 Å². The third-order valence-electron chi connectivity index (χ3n) is 3.34. The summed E-state index contributed by atoms with van der Waals surface area (Å²) >= 11 is 0. The highest BCUT2D eigenvalue weighted by Crippen LogP contribution is 2.05. The van der Waals surface area contributed by atoms with Gasteiger partial charge in [0, 0.05) is 6.42 Å². The lowest BCUT2D eigenvalue weighted by atomic mass is 10.0. The lowest BCUT2D eigenvalue weighted by molar-refractivity contribution is -0.143. The number of carbonyl (C=O) groups is 3. The van der Waals surface area contributed by atoms with E-state index in [4.69, 9.17) is 5.73 Å². The number of urea groups is 1. The van der Waals surface area contributed by atoms with Crippen molar-refractivity contribution in [2.24, 2.45) is 11.7 Å². The van der Waals surface area contributed by atoms with Crippen LogP contribution in [0.3, 0.4) is 0 Å². The number of amides is 3. The topological polar surface area (TPSA) is 111 Å². The molecule has 0 aliphatic heterocycles. The minimum atomic E-state index is -0.872. The van der Waals surface area contributed by atoms with E-state index in [2.05, 4.69) is 15.4 Å². The molecule has 0 radical (unpaired) electrons. The summed E-state index contributed by atoms with van der Waals surface area (Å²) in [6.45, 7) is 3.55. The van der Waals surface area contributed by atoms with E-state index in [1.165, 1.54) is 7.11 Å². The van der Waals surface area contributed by atoms with E-state index < -0.39 is 30.0 Å². The molecule has 1 aromatic rings. The number of hydrogen-bond acceptors (Lipinski definition) is 4. The van der Waals surface area contributed by atoms with E-state index in [1.54, 1.807) is 13.8 Å². The zero-order valence-electron chi connectivity index (χ0n) is 13.5. The van der Waals surface area contributed by atoms with Crippen molar-refractivity contribution in [2.75, 3.05) is 7.11 Å². The Bertz CT molecular complexity index is 546. The molecule has 1 unspecified atom stereocenters. The summed E-state index contributed by atoms with van der Waals surface area (Å²) in [5.74, 6) is -1.36. The molecule has 1 rings (SSSR count). The predicted octanol–water partition coefficient (Wildman–Crippen LogP) is 0.580. The summed E-state index contributed by atoms with van der Waals surface area (Å²) < 4.78 is 4.65. The largest absolute Gasteiger partial charge is 0.467 e. The first-order valence-electron chi connectivity index (χ1n) is 7.33. The smallest absolute Gasteiger partial charge is 0.328 e. The molecule has 7 nitrogen and oxygen atoms in total. The van der Waals surface area contributed by atoms with Gasteiger partial charge in [0.2, 0.25) is 5.91 Å². The number of benzene rings is 1. The van der Waals surface area contributed by atoms with Crippen LogP contribution in [0.25, 0.3) is 0 Å². The first-order valence-corrected chi connectivity index (χ1v) is 7.33. The summed E-state index contributed by atoms with van der Waals surface area (Å²) in [6, 6.07) is 6.87. The van der Waals surface area contributed by atoms with E-state index in [-0.39, 0.29) is 12.3 Å². The van der Waals surface area contributed by atoms with Crippen LogP contribution in [-0.4, -0.2) is 37.1 Å². The Labute approximate surface area is 135 Å². The summed E-state index contributed by atoms with van der Waals surface area (Å²) in [7, 11) is 1.25. The molecule has 1 aromatic carbocycles. The monoisotopic (exact) mass is 321 g/mol. The van der Waals surface area contributed by atoms with Crippen LogP contribution in [0.15, 0.2) is 30.3 Å². The molecule has 0 aliphatic rings. The van der Waals surface area contributed by atoms with Crippen LogP contribution in [-0.2, 0) is 20.7 Å². The van der Waals surface area contributed by atoms with Crippen LogP contribution < -0.4 is 16.4 Å². The average Bonchev–Trinajstić information content (AvgIpc) is 2.51. The SMILES string of the molecule is COC(=O)C(NC(=O)N[C@@H](Cc1ccccc1)C(N)=O)C(C)C. The van der Waals surface area contributed by atoms with Gasteiger partial charge in [-0.05, 0) is 11.5 Å². The van der Waals surface area contributed by atoms with Crippen molar-refractivity contribution in [1.29, 1.82) is 0 Å². The zero-order valence-corrected chi connectivity index (χ0v) is 13.5. The van der Waals surface area contributed by atoms with Gasteiger partial charge in [-0.2, -0.15) is 0 Å². The molecule has 0 aromatic heterocycles. The lowest BCUT2D eigenvalue weighted by Gasteiger charge is -2.22. The van der Waals surface area contributed by atoms with Gasteiger partial charge < -0.3 is 21.1 Å². The number of carbonyl (C=O) groups excluding carboxylic acids is 3. The third-order valence-corrected chi connectivity index (χ3v) is 3.34. The Balaban J connectivity index is 2.70. The Morgan fingerprint density at radius 2 is 1.74 bits per heavy atom. The van der Waals surface area contributed by atoms with Crippen LogP contribution >= 0.6 is 0 Å². The molecule has 0 saturated heterocycles. The maximum Gasteiger partial charge on any atom is 0.328 e. The maximum atomic E-state index is 12.0. The summed E-state index contributed by atoms with van der Waals surface area (Å²) in [5, 5.41) is 5.00. The lowest BCUT2D eigenvalue weighted by Crippen LogP contribution is -2.54. The first kappa shape index (κ1) is 18.5. The number of nitrogens with two attached hydrogens (primary N) is 1. The van der Waals surface area contributed by atoms with Gasteiger partial charge in [-0.25, -0.2) is 9.59 Å². The number of hydrogen-bond donors (Lipinski definition) is 3. The Kier molecular flexibility index (Phi) is 7.05. The average molecular weight is 321 g/mol. The number of ether oxygens (including phenoxy) is 1. The predicted molar refractivity (Wildman–Crippen MR) is 85.4 cm³/mol. The first-order chi connectivity index (χ1) is 10.8. The molecule has 0 bridgehead atoms. The highest BCUT2D eigenvalue weighted by atomic mass is 16.5. The highest BCUT2D eigenvalue weighted by Gasteiger charge is 2.26. The molecule has 0 heterocycles. The molecular weight excluding hydrogens is 298 g/mol. The van der Waals surface area contributed by atoms with Gasteiger partial charge >= 0.3 is 12.0 Å². The third kappa shape index (κ3) is 5.98.